The lowest BCUT2D eigenvalue weighted by molar-refractivity contribution is -0.485. The topological polar surface area (TPSA) is 86.5 Å². The Bertz CT molecular complexity index is 925. The lowest BCUT2D eigenvalue weighted by Crippen LogP contribution is -2.47. The summed E-state index contributed by atoms with van der Waals surface area (Å²) in [6.45, 7) is 4.70. The summed E-state index contributed by atoms with van der Waals surface area (Å²) in [5, 5.41) is 13.3. The lowest BCUT2D eigenvalue weighted by Gasteiger charge is -2.35. The van der Waals surface area contributed by atoms with Crippen molar-refractivity contribution in [3.8, 4) is 0 Å². The summed E-state index contributed by atoms with van der Waals surface area (Å²) in [4.78, 5) is 37.4. The summed E-state index contributed by atoms with van der Waals surface area (Å²) >= 11 is 0. The van der Waals surface area contributed by atoms with Crippen molar-refractivity contribution in [3.63, 3.8) is 0 Å². The van der Waals surface area contributed by atoms with E-state index in [9.17, 15) is 19.7 Å². The summed E-state index contributed by atoms with van der Waals surface area (Å²) in [6.07, 6.45) is 1.03. The van der Waals surface area contributed by atoms with Gasteiger partial charge >= 0.3 is 5.97 Å². The van der Waals surface area contributed by atoms with Crippen molar-refractivity contribution in [2.75, 3.05) is 6.54 Å². The highest BCUT2D eigenvalue weighted by atomic mass is 16.6. The standard InChI is InChI=1S/C22H25NO5/c1-21(2,3)28-20(25)22(13-7-12-19(22)24)18(14-23(26)27)17-11-6-9-15-8-4-5-10-16(15)17/h4-6,8-11,18H,7,12-14H2,1-3H3/t18-,22+/m0/s1. The smallest absolute Gasteiger partial charge is 0.321 e. The molecule has 3 rings (SSSR count). The van der Waals surface area contributed by atoms with Gasteiger partial charge in [-0.1, -0.05) is 42.5 Å². The Morgan fingerprint density at radius 1 is 1.21 bits per heavy atom. The zero-order valence-electron chi connectivity index (χ0n) is 16.4. The molecule has 0 spiro atoms. The van der Waals surface area contributed by atoms with Gasteiger partial charge in [-0.15, -0.1) is 0 Å². The number of carbonyl (C=O) groups is 2. The second-order valence-electron chi connectivity index (χ2n) is 8.39. The fourth-order valence-corrected chi connectivity index (χ4v) is 4.21. The molecule has 1 fully saturated rings. The molecule has 6 heteroatoms. The molecule has 148 valence electrons. The SMILES string of the molecule is CC(C)(C)OC(=O)[C@@]1([C@@H](C[N+](=O)[O-])c2cccc3ccccc23)CCCC1=O. The fourth-order valence-electron chi connectivity index (χ4n) is 4.21. The Hall–Kier alpha value is -2.76. The second kappa shape index (κ2) is 7.34. The number of esters is 1. The number of hydrogen-bond donors (Lipinski definition) is 0. The van der Waals surface area contributed by atoms with E-state index in [1.807, 2.05) is 36.4 Å². The number of hydrogen-bond acceptors (Lipinski definition) is 5. The molecule has 0 aliphatic heterocycles. The molecule has 0 aromatic heterocycles. The van der Waals surface area contributed by atoms with Crippen LogP contribution < -0.4 is 0 Å². The first-order valence-electron chi connectivity index (χ1n) is 9.51. The average molecular weight is 383 g/mol. The Balaban J connectivity index is 2.21. The maximum Gasteiger partial charge on any atom is 0.321 e. The van der Waals surface area contributed by atoms with E-state index < -0.39 is 34.4 Å². The van der Waals surface area contributed by atoms with Gasteiger partial charge in [-0.25, -0.2) is 0 Å². The number of nitro groups is 1. The molecule has 0 unspecified atom stereocenters. The Morgan fingerprint density at radius 3 is 2.50 bits per heavy atom. The second-order valence-corrected chi connectivity index (χ2v) is 8.39. The van der Waals surface area contributed by atoms with Crippen LogP contribution in [0, 0.1) is 15.5 Å². The maximum atomic E-state index is 13.3. The van der Waals surface area contributed by atoms with Crippen molar-refractivity contribution >= 4 is 22.5 Å². The first-order chi connectivity index (χ1) is 13.1. The van der Waals surface area contributed by atoms with Crippen LogP contribution in [0.4, 0.5) is 0 Å². The summed E-state index contributed by atoms with van der Waals surface area (Å²) in [5.74, 6) is -1.79. The van der Waals surface area contributed by atoms with Gasteiger partial charge in [-0.3, -0.25) is 19.7 Å². The van der Waals surface area contributed by atoms with Crippen LogP contribution in [-0.4, -0.2) is 28.8 Å². The van der Waals surface area contributed by atoms with Gasteiger partial charge in [-0.05, 0) is 49.9 Å². The molecule has 28 heavy (non-hydrogen) atoms. The van der Waals surface area contributed by atoms with E-state index in [2.05, 4.69) is 0 Å². The third-order valence-corrected chi connectivity index (χ3v) is 5.36. The van der Waals surface area contributed by atoms with Gasteiger partial charge in [0.05, 0.1) is 5.92 Å². The van der Waals surface area contributed by atoms with Crippen molar-refractivity contribution in [1.82, 2.24) is 0 Å². The molecule has 0 saturated heterocycles. The van der Waals surface area contributed by atoms with Gasteiger partial charge in [0.25, 0.3) is 0 Å². The number of nitrogens with zero attached hydrogens (tertiary/aromatic N) is 1. The average Bonchev–Trinajstić information content (AvgIpc) is 3.00. The highest BCUT2D eigenvalue weighted by Gasteiger charge is 2.58. The van der Waals surface area contributed by atoms with Crippen molar-refractivity contribution in [2.45, 2.75) is 51.6 Å². The van der Waals surface area contributed by atoms with E-state index in [-0.39, 0.29) is 18.6 Å². The quantitative estimate of drug-likeness (QED) is 0.333. The van der Waals surface area contributed by atoms with Crippen molar-refractivity contribution in [3.05, 3.63) is 58.1 Å². The molecule has 0 bridgehead atoms. The summed E-state index contributed by atoms with van der Waals surface area (Å²) in [6, 6.07) is 13.0. The summed E-state index contributed by atoms with van der Waals surface area (Å²) in [5.41, 5.74) is -1.66. The van der Waals surface area contributed by atoms with Crippen molar-refractivity contribution in [1.29, 1.82) is 0 Å². The number of Topliss-reactive ketones (excluding diaryl/α,β-unsaturated/α-hetero) is 1. The minimum atomic E-state index is -1.52. The van der Waals surface area contributed by atoms with Crippen LogP contribution in [0.15, 0.2) is 42.5 Å². The minimum Gasteiger partial charge on any atom is -0.459 e. The molecule has 0 heterocycles. The summed E-state index contributed by atoms with van der Waals surface area (Å²) < 4.78 is 5.61. The highest BCUT2D eigenvalue weighted by molar-refractivity contribution is 6.07. The molecule has 2 aromatic carbocycles. The van der Waals surface area contributed by atoms with Gasteiger partial charge < -0.3 is 4.74 Å². The maximum absolute atomic E-state index is 13.3. The largest absolute Gasteiger partial charge is 0.459 e. The van der Waals surface area contributed by atoms with Crippen LogP contribution in [-0.2, 0) is 14.3 Å². The van der Waals surface area contributed by atoms with Crippen LogP contribution in [0.2, 0.25) is 0 Å². The lowest BCUT2D eigenvalue weighted by atomic mass is 9.69. The van der Waals surface area contributed by atoms with Crippen molar-refractivity contribution in [2.24, 2.45) is 5.41 Å². The monoisotopic (exact) mass is 383 g/mol. The number of ketones is 1. The first kappa shape index (κ1) is 20.0. The molecule has 0 radical (unpaired) electrons. The number of rotatable bonds is 5. The van der Waals surface area contributed by atoms with E-state index in [1.165, 1.54) is 0 Å². The van der Waals surface area contributed by atoms with Crippen LogP contribution >= 0.6 is 0 Å². The zero-order valence-corrected chi connectivity index (χ0v) is 16.4. The van der Waals surface area contributed by atoms with Gasteiger partial charge in [0.1, 0.15) is 11.0 Å². The van der Waals surface area contributed by atoms with E-state index in [1.54, 1.807) is 26.8 Å². The molecule has 2 aromatic rings. The van der Waals surface area contributed by atoms with Gasteiger partial charge in [0, 0.05) is 11.3 Å². The Labute approximate surface area is 164 Å². The first-order valence-corrected chi connectivity index (χ1v) is 9.51. The molecular weight excluding hydrogens is 358 g/mol. The van der Waals surface area contributed by atoms with E-state index >= 15 is 0 Å². The molecule has 1 aliphatic rings. The van der Waals surface area contributed by atoms with Crippen LogP contribution in [0.1, 0.15) is 51.5 Å². The van der Waals surface area contributed by atoms with Crippen molar-refractivity contribution < 1.29 is 19.2 Å². The predicted molar refractivity (Wildman–Crippen MR) is 106 cm³/mol. The molecule has 1 saturated carbocycles. The molecule has 0 N–H and O–H groups in total. The van der Waals surface area contributed by atoms with E-state index in [0.29, 0.717) is 12.0 Å². The molecule has 0 amide bonds. The zero-order chi connectivity index (χ0) is 20.5. The Kier molecular flexibility index (Phi) is 5.24. The van der Waals surface area contributed by atoms with Gasteiger partial charge in [-0.2, -0.15) is 0 Å². The van der Waals surface area contributed by atoms with E-state index in [0.717, 1.165) is 10.8 Å². The summed E-state index contributed by atoms with van der Waals surface area (Å²) in [7, 11) is 0. The minimum absolute atomic E-state index is 0.234. The molecule has 6 nitrogen and oxygen atoms in total. The van der Waals surface area contributed by atoms with E-state index in [4.69, 9.17) is 4.74 Å². The normalized spacial score (nSPS) is 20.9. The number of fused-ring (bicyclic) bond motifs is 1. The van der Waals surface area contributed by atoms with Crippen LogP contribution in [0.25, 0.3) is 10.8 Å². The molecule has 2 atom stereocenters. The third-order valence-electron chi connectivity index (χ3n) is 5.36. The highest BCUT2D eigenvalue weighted by Crippen LogP contribution is 2.49. The predicted octanol–water partition coefficient (Wildman–Crippen LogP) is 4.28. The number of benzene rings is 2. The van der Waals surface area contributed by atoms with Gasteiger partial charge in [0.15, 0.2) is 5.78 Å². The van der Waals surface area contributed by atoms with Crippen LogP contribution in [0.3, 0.4) is 0 Å². The number of carbonyl (C=O) groups excluding carboxylic acids is 2. The molecular formula is C22H25NO5. The number of ether oxygens (including phenoxy) is 1. The van der Waals surface area contributed by atoms with Crippen LogP contribution in [0.5, 0.6) is 0 Å². The fraction of sp³-hybridized carbons (Fsp3) is 0.455. The third kappa shape index (κ3) is 3.63. The Morgan fingerprint density at radius 2 is 1.89 bits per heavy atom. The molecule has 1 aliphatic carbocycles. The van der Waals surface area contributed by atoms with Gasteiger partial charge in [0.2, 0.25) is 6.54 Å².